The topological polar surface area (TPSA) is 133 Å². The van der Waals surface area contributed by atoms with Gasteiger partial charge in [-0.2, -0.15) is 0 Å². The molecule has 198 valence electrons. The quantitative estimate of drug-likeness (QED) is 0.328. The van der Waals surface area contributed by atoms with Crippen molar-refractivity contribution in [1.29, 1.82) is 0 Å². The number of allylic oxidation sites excluding steroid dienone is 3. The van der Waals surface area contributed by atoms with Crippen molar-refractivity contribution in [1.82, 2.24) is 9.29 Å². The van der Waals surface area contributed by atoms with Crippen molar-refractivity contribution in [2.45, 2.75) is 26.7 Å². The summed E-state index contributed by atoms with van der Waals surface area (Å²) in [6, 6.07) is 9.45. The van der Waals surface area contributed by atoms with Crippen molar-refractivity contribution in [3.8, 4) is 0 Å². The molecule has 1 saturated heterocycles. The number of hydrogen-bond donors (Lipinski definition) is 2. The van der Waals surface area contributed by atoms with Gasteiger partial charge in [-0.15, -0.1) is 4.31 Å². The highest BCUT2D eigenvalue weighted by atomic mass is 32.2. The Morgan fingerprint density at radius 1 is 1.26 bits per heavy atom. The van der Waals surface area contributed by atoms with Crippen LogP contribution >= 0.6 is 0 Å². The molecule has 2 aromatic rings. The Morgan fingerprint density at radius 3 is 2.63 bits per heavy atom. The Morgan fingerprint density at radius 2 is 2.00 bits per heavy atom. The maximum absolute atomic E-state index is 14.2. The molecule has 1 aliphatic heterocycles. The first-order chi connectivity index (χ1) is 18.2. The predicted octanol–water partition coefficient (Wildman–Crippen LogP) is 3.90. The van der Waals surface area contributed by atoms with Gasteiger partial charge in [-0.05, 0) is 86.5 Å². The van der Waals surface area contributed by atoms with Crippen LogP contribution in [0.25, 0.3) is 0 Å². The van der Waals surface area contributed by atoms with E-state index in [4.69, 9.17) is 16.5 Å². The lowest BCUT2D eigenvalue weighted by molar-refractivity contribution is 0.0771. The minimum absolute atomic E-state index is 0.173. The van der Waals surface area contributed by atoms with Gasteiger partial charge in [-0.25, -0.2) is 9.38 Å². The van der Waals surface area contributed by atoms with Crippen molar-refractivity contribution in [3.63, 3.8) is 0 Å². The SMILES string of the molecule is CN=C(C)C(=CN)[S+]([O-])N1CCC2=CC(=Nc3ccc(F)cc3)C(=CN)CC2(C(=O)c2cc(C)ccn2)C1. The van der Waals surface area contributed by atoms with E-state index in [1.165, 1.54) is 24.5 Å². The molecule has 0 amide bonds. The van der Waals surface area contributed by atoms with E-state index in [-0.39, 0.29) is 24.6 Å². The Bertz CT molecular complexity index is 1380. The minimum Gasteiger partial charge on any atom is -0.593 e. The largest absolute Gasteiger partial charge is 0.593 e. The van der Waals surface area contributed by atoms with E-state index in [2.05, 4.69) is 9.98 Å². The molecule has 4 N–H and O–H groups in total. The van der Waals surface area contributed by atoms with E-state index in [0.29, 0.717) is 46.2 Å². The third kappa shape index (κ3) is 5.33. The van der Waals surface area contributed by atoms with Crippen LogP contribution in [0.5, 0.6) is 0 Å². The first kappa shape index (κ1) is 27.4. The van der Waals surface area contributed by atoms with Crippen LogP contribution in [-0.4, -0.2) is 51.2 Å². The number of nitrogens with zero attached hydrogens (tertiary/aromatic N) is 4. The number of ketones is 1. The summed E-state index contributed by atoms with van der Waals surface area (Å²) in [7, 11) is 1.61. The molecule has 2 aliphatic rings. The second-order valence-corrected chi connectivity index (χ2v) is 10.8. The van der Waals surface area contributed by atoms with Crippen molar-refractivity contribution >= 4 is 34.3 Å². The lowest BCUT2D eigenvalue weighted by Gasteiger charge is -2.45. The highest BCUT2D eigenvalue weighted by molar-refractivity contribution is 7.94. The summed E-state index contributed by atoms with van der Waals surface area (Å²) in [5.41, 5.74) is 15.3. The van der Waals surface area contributed by atoms with Gasteiger partial charge < -0.3 is 16.0 Å². The fraction of sp³-hybridized carbons (Fsp3) is 0.286. The molecule has 8 nitrogen and oxygen atoms in total. The molecule has 0 bridgehead atoms. The van der Waals surface area contributed by atoms with Crippen LogP contribution in [0, 0.1) is 18.2 Å². The highest BCUT2D eigenvalue weighted by Crippen LogP contribution is 2.47. The van der Waals surface area contributed by atoms with Crippen LogP contribution in [0.2, 0.25) is 0 Å². The van der Waals surface area contributed by atoms with Crippen LogP contribution in [0.3, 0.4) is 0 Å². The summed E-state index contributed by atoms with van der Waals surface area (Å²) in [5, 5.41) is 0. The van der Waals surface area contributed by atoms with Crippen LogP contribution in [0.15, 0.2) is 87.1 Å². The molecule has 1 fully saturated rings. The van der Waals surface area contributed by atoms with Gasteiger partial charge in [-0.3, -0.25) is 14.8 Å². The van der Waals surface area contributed by atoms with E-state index in [0.717, 1.165) is 11.1 Å². The van der Waals surface area contributed by atoms with Crippen molar-refractivity contribution in [3.05, 3.63) is 94.2 Å². The third-order valence-corrected chi connectivity index (χ3v) is 8.54. The number of benzene rings is 1. The summed E-state index contributed by atoms with van der Waals surface area (Å²) in [5.74, 6) is -0.524. The Hall–Kier alpha value is -3.60. The lowest BCUT2D eigenvalue weighted by atomic mass is 9.64. The van der Waals surface area contributed by atoms with Gasteiger partial charge in [0.05, 0.1) is 46.6 Å². The Kier molecular flexibility index (Phi) is 8.25. The van der Waals surface area contributed by atoms with Crippen molar-refractivity contribution in [2.24, 2.45) is 26.9 Å². The normalized spacial score (nSPS) is 23.8. The van der Waals surface area contributed by atoms with E-state index >= 15 is 0 Å². The average molecular weight is 535 g/mol. The molecule has 0 spiro atoms. The second-order valence-electron chi connectivity index (χ2n) is 9.34. The zero-order valence-corrected chi connectivity index (χ0v) is 22.5. The van der Waals surface area contributed by atoms with E-state index < -0.39 is 16.8 Å². The number of rotatable bonds is 6. The number of fused-ring (bicyclic) bond motifs is 1. The monoisotopic (exact) mass is 534 g/mol. The first-order valence-corrected chi connectivity index (χ1v) is 13.3. The zero-order chi connectivity index (χ0) is 27.4. The van der Waals surface area contributed by atoms with Gasteiger partial charge in [0.15, 0.2) is 5.78 Å². The number of aliphatic imine (C=N–C) groups is 2. The van der Waals surface area contributed by atoms with Crippen LogP contribution in [-0.2, 0) is 11.4 Å². The molecule has 1 aromatic heterocycles. The van der Waals surface area contributed by atoms with E-state index in [9.17, 15) is 13.7 Å². The number of halogens is 1. The fourth-order valence-electron chi connectivity index (χ4n) is 4.82. The number of pyridine rings is 1. The maximum atomic E-state index is 14.2. The van der Waals surface area contributed by atoms with Crippen LogP contribution in [0.4, 0.5) is 10.1 Å². The molecule has 38 heavy (non-hydrogen) atoms. The Balaban J connectivity index is 1.82. The first-order valence-electron chi connectivity index (χ1n) is 12.2. The maximum Gasteiger partial charge on any atom is 0.210 e. The summed E-state index contributed by atoms with van der Waals surface area (Å²) in [6.45, 7) is 4.27. The number of nitrogens with two attached hydrogens (primary N) is 2. The second kappa shape index (κ2) is 11.4. The number of aromatic nitrogens is 1. The molecule has 1 aromatic carbocycles. The van der Waals surface area contributed by atoms with Gasteiger partial charge in [0.1, 0.15) is 11.5 Å². The van der Waals surface area contributed by atoms with Crippen molar-refractivity contribution < 1.29 is 13.7 Å². The third-order valence-electron chi connectivity index (χ3n) is 6.95. The van der Waals surface area contributed by atoms with Crippen molar-refractivity contribution in [2.75, 3.05) is 20.1 Å². The Labute approximate surface area is 225 Å². The standard InChI is InChI=1S/C28H31FN6O2S/c1-18-8-10-33-25(12-18)27(36)28-14-20(15-30)24(34-23-6-4-22(29)5-7-23)13-21(28)9-11-35(17-28)38(37)26(16-31)19(2)32-3/h4-8,10,12-13,15-16H,9,11,14,17,30-31H2,1-3H3. The molecule has 10 heteroatoms. The van der Waals surface area contributed by atoms with Gasteiger partial charge in [0.2, 0.25) is 4.91 Å². The average Bonchev–Trinajstić information content (AvgIpc) is 2.93. The number of Topliss-reactive ketones (excluding diaryl/α,β-unsaturated/α-hetero) is 1. The minimum atomic E-state index is -1.63. The van der Waals surface area contributed by atoms with Gasteiger partial charge in [0, 0.05) is 19.8 Å². The molecule has 2 unspecified atom stereocenters. The smallest absolute Gasteiger partial charge is 0.210 e. The number of hydrogen-bond acceptors (Lipinski definition) is 8. The summed E-state index contributed by atoms with van der Waals surface area (Å²) in [6.07, 6.45) is 6.98. The fourth-order valence-corrected chi connectivity index (χ4v) is 6.16. The number of piperidine rings is 1. The molecular formula is C28H31FN6O2S. The van der Waals surface area contributed by atoms with Gasteiger partial charge >= 0.3 is 0 Å². The molecule has 2 heterocycles. The molecule has 0 saturated carbocycles. The summed E-state index contributed by atoms with van der Waals surface area (Å²) < 4.78 is 28.8. The number of carbonyl (C=O) groups excluding carboxylic acids is 1. The molecular weight excluding hydrogens is 503 g/mol. The molecule has 2 atom stereocenters. The molecule has 4 rings (SSSR count). The number of carbonyl (C=O) groups is 1. The van der Waals surface area contributed by atoms with Crippen LogP contribution < -0.4 is 11.5 Å². The summed E-state index contributed by atoms with van der Waals surface area (Å²) in [4.78, 5) is 27.8. The van der Waals surface area contributed by atoms with Gasteiger partial charge in [0.25, 0.3) is 0 Å². The van der Waals surface area contributed by atoms with Crippen LogP contribution in [0.1, 0.15) is 35.8 Å². The van der Waals surface area contributed by atoms with Gasteiger partial charge in [-0.1, -0.05) is 5.57 Å². The lowest BCUT2D eigenvalue weighted by Crippen LogP contribution is -2.53. The summed E-state index contributed by atoms with van der Waals surface area (Å²) >= 11 is -1.63. The number of aryl methyl sites for hydroxylation is 1. The zero-order valence-electron chi connectivity index (χ0n) is 21.6. The van der Waals surface area contributed by atoms with E-state index in [1.807, 2.05) is 19.1 Å². The molecule has 1 aliphatic carbocycles. The predicted molar refractivity (Wildman–Crippen MR) is 150 cm³/mol. The highest BCUT2D eigenvalue weighted by Gasteiger charge is 2.52. The molecule has 0 radical (unpaired) electrons. The van der Waals surface area contributed by atoms with E-state index in [1.54, 1.807) is 42.7 Å².